The van der Waals surface area contributed by atoms with Crippen molar-refractivity contribution in [2.45, 2.75) is 54.7 Å². The molecule has 3 saturated heterocycles. The summed E-state index contributed by atoms with van der Waals surface area (Å²) in [6, 6.07) is 13.7. The van der Waals surface area contributed by atoms with Gasteiger partial charge in [-0.25, -0.2) is 8.42 Å². The zero-order valence-electron chi connectivity index (χ0n) is 21.9. The third-order valence-corrected chi connectivity index (χ3v) is 10.0. The van der Waals surface area contributed by atoms with Gasteiger partial charge in [0.05, 0.1) is 4.92 Å². The number of para-hydroxylation sites is 1. The Morgan fingerprint density at radius 2 is 1.68 bits per heavy atom. The van der Waals surface area contributed by atoms with Crippen LogP contribution in [0.2, 0.25) is 0 Å². The summed E-state index contributed by atoms with van der Waals surface area (Å²) in [6.07, 6.45) is -0.845. The van der Waals surface area contributed by atoms with Gasteiger partial charge in [0.2, 0.25) is 10.0 Å². The predicted octanol–water partition coefficient (Wildman–Crippen LogP) is 3.28. The molecule has 3 aliphatic rings. The molecule has 2 aromatic rings. The minimum atomic E-state index is -4.22. The Bertz CT molecular complexity index is 1310. The van der Waals surface area contributed by atoms with Crippen LogP contribution in [0.1, 0.15) is 25.3 Å². The van der Waals surface area contributed by atoms with Gasteiger partial charge >= 0.3 is 0 Å². The molecule has 5 rings (SSSR count). The highest BCUT2D eigenvalue weighted by molar-refractivity contribution is 9.10. The summed E-state index contributed by atoms with van der Waals surface area (Å²) in [5.41, 5.74) is 0.695. The van der Waals surface area contributed by atoms with E-state index in [9.17, 15) is 18.5 Å². The largest absolute Gasteiger partial charge is 0.343 e. The number of nitro groups is 1. The van der Waals surface area contributed by atoms with Gasteiger partial charge in [-0.15, -0.1) is 0 Å². The van der Waals surface area contributed by atoms with Gasteiger partial charge in [-0.05, 0) is 51.7 Å². The van der Waals surface area contributed by atoms with Crippen LogP contribution in [0, 0.1) is 10.1 Å². The Morgan fingerprint density at radius 3 is 2.32 bits per heavy atom. The van der Waals surface area contributed by atoms with Gasteiger partial charge in [-0.2, -0.15) is 4.31 Å². The normalized spacial score (nSPS) is 29.7. The third-order valence-electron chi connectivity index (χ3n) is 7.62. The SMILES string of the molecule is CN(C)C[C@@H]1[C@H](c2ccc(Br)cc2)[C@@H]2CN(S(=O)(=O)c3ccccc3[N+](=O)[O-])C[C@H]3OC(C)(C)O[C@H]3CN12. The van der Waals surface area contributed by atoms with Gasteiger partial charge in [-0.1, -0.05) is 40.2 Å². The number of halogens is 1. The van der Waals surface area contributed by atoms with E-state index in [4.69, 9.17) is 9.47 Å². The monoisotopic (exact) mass is 608 g/mol. The van der Waals surface area contributed by atoms with E-state index in [-0.39, 0.29) is 42.1 Å². The number of hydrogen-bond acceptors (Lipinski definition) is 8. The zero-order valence-corrected chi connectivity index (χ0v) is 24.3. The lowest BCUT2D eigenvalue weighted by atomic mass is 9.74. The summed E-state index contributed by atoms with van der Waals surface area (Å²) in [5.74, 6) is -0.794. The molecule has 0 bridgehead atoms. The lowest BCUT2D eigenvalue weighted by Crippen LogP contribution is -2.71. The zero-order chi connectivity index (χ0) is 27.4. The molecule has 38 heavy (non-hydrogen) atoms. The van der Waals surface area contributed by atoms with E-state index in [1.54, 1.807) is 0 Å². The van der Waals surface area contributed by atoms with Crippen LogP contribution >= 0.6 is 15.9 Å². The fraction of sp³-hybridized carbons (Fsp3) is 0.538. The number of rotatable bonds is 6. The van der Waals surface area contributed by atoms with Gasteiger partial charge in [0.25, 0.3) is 5.69 Å². The number of ether oxygens (including phenoxy) is 2. The van der Waals surface area contributed by atoms with Crippen LogP contribution in [0.5, 0.6) is 0 Å². The molecule has 206 valence electrons. The maximum Gasteiger partial charge on any atom is 0.289 e. The van der Waals surface area contributed by atoms with E-state index in [0.717, 1.165) is 16.6 Å². The number of sulfonamides is 1. The average molecular weight is 610 g/mol. The third kappa shape index (κ3) is 5.15. The second-order valence-corrected chi connectivity index (χ2v) is 13.8. The molecule has 0 aromatic heterocycles. The van der Waals surface area contributed by atoms with Crippen LogP contribution in [0.25, 0.3) is 0 Å². The molecule has 0 N–H and O–H groups in total. The quantitative estimate of drug-likeness (QED) is 0.363. The standard InChI is InChI=1S/C26H33BrN4O6S/c1-26(2)36-22-15-29(38(34,35)24-8-6-5-7-19(24)31(32)33)14-21-25(17-9-11-18(27)12-10-17)20(13-28(3)4)30(21)16-23(22)37-26/h5-12,20-23,25H,13-16H2,1-4H3/t20-,21+,22-,23+,25+/m1/s1. The molecule has 10 nitrogen and oxygen atoms in total. The molecule has 0 radical (unpaired) electrons. The van der Waals surface area contributed by atoms with Crippen molar-refractivity contribution in [3.63, 3.8) is 0 Å². The number of likely N-dealkylation sites (N-methyl/N-ethyl adjacent to an activating group) is 1. The maximum atomic E-state index is 14.0. The molecule has 0 saturated carbocycles. The van der Waals surface area contributed by atoms with E-state index < -0.39 is 32.5 Å². The number of hydrogen-bond donors (Lipinski definition) is 0. The smallest absolute Gasteiger partial charge is 0.289 e. The topological polar surface area (TPSA) is 105 Å². The predicted molar refractivity (Wildman–Crippen MR) is 145 cm³/mol. The fourth-order valence-electron chi connectivity index (χ4n) is 6.10. The molecule has 3 aliphatic heterocycles. The first kappa shape index (κ1) is 27.6. The van der Waals surface area contributed by atoms with Crippen molar-refractivity contribution in [2.75, 3.05) is 40.3 Å². The summed E-state index contributed by atoms with van der Waals surface area (Å²) in [4.78, 5) is 15.3. The molecule has 0 unspecified atom stereocenters. The van der Waals surface area contributed by atoms with E-state index in [2.05, 4.69) is 37.9 Å². The Morgan fingerprint density at radius 1 is 1.05 bits per heavy atom. The number of benzene rings is 2. The van der Waals surface area contributed by atoms with Gasteiger partial charge in [0, 0.05) is 54.7 Å². The number of nitro benzene ring substituents is 1. The summed E-state index contributed by atoms with van der Waals surface area (Å²) in [5, 5.41) is 11.7. The van der Waals surface area contributed by atoms with Gasteiger partial charge in [0.15, 0.2) is 10.7 Å². The summed E-state index contributed by atoms with van der Waals surface area (Å²) >= 11 is 3.51. The van der Waals surface area contributed by atoms with E-state index in [1.807, 2.05) is 40.1 Å². The highest BCUT2D eigenvalue weighted by Gasteiger charge is 2.55. The van der Waals surface area contributed by atoms with Crippen LogP contribution in [0.15, 0.2) is 57.9 Å². The molecule has 0 aliphatic carbocycles. The minimum absolute atomic E-state index is 0.0538. The van der Waals surface area contributed by atoms with Crippen molar-refractivity contribution < 1.29 is 22.8 Å². The summed E-state index contributed by atoms with van der Waals surface area (Å²) in [6.45, 7) is 5.30. The fourth-order valence-corrected chi connectivity index (χ4v) is 7.99. The lowest BCUT2D eigenvalue weighted by Gasteiger charge is -2.58. The van der Waals surface area contributed by atoms with Crippen LogP contribution < -0.4 is 0 Å². The second kappa shape index (κ2) is 10.2. The van der Waals surface area contributed by atoms with Crippen molar-refractivity contribution in [3.8, 4) is 0 Å². The minimum Gasteiger partial charge on any atom is -0.343 e. The van der Waals surface area contributed by atoms with Crippen LogP contribution in [0.4, 0.5) is 5.69 Å². The van der Waals surface area contributed by atoms with Crippen LogP contribution in [-0.2, 0) is 19.5 Å². The molecule has 0 spiro atoms. The highest BCUT2D eigenvalue weighted by atomic mass is 79.9. The van der Waals surface area contributed by atoms with Crippen molar-refractivity contribution >= 4 is 31.6 Å². The molecule has 5 atom stereocenters. The molecule has 3 heterocycles. The van der Waals surface area contributed by atoms with Crippen LogP contribution in [0.3, 0.4) is 0 Å². The molecule has 12 heteroatoms. The van der Waals surface area contributed by atoms with Crippen molar-refractivity contribution in [2.24, 2.45) is 0 Å². The second-order valence-electron chi connectivity index (χ2n) is 10.9. The Kier molecular flexibility index (Phi) is 7.44. The van der Waals surface area contributed by atoms with Gasteiger partial charge < -0.3 is 14.4 Å². The van der Waals surface area contributed by atoms with Crippen molar-refractivity contribution in [1.29, 1.82) is 0 Å². The van der Waals surface area contributed by atoms with E-state index in [1.165, 1.54) is 28.6 Å². The van der Waals surface area contributed by atoms with Gasteiger partial charge in [0.1, 0.15) is 12.2 Å². The molecule has 2 aromatic carbocycles. The molecule has 0 amide bonds. The van der Waals surface area contributed by atoms with Crippen LogP contribution in [-0.4, -0.2) is 97.8 Å². The molecule has 3 fully saturated rings. The summed E-state index contributed by atoms with van der Waals surface area (Å²) in [7, 11) is -0.157. The van der Waals surface area contributed by atoms with E-state index >= 15 is 0 Å². The first-order valence-corrected chi connectivity index (χ1v) is 14.9. The Balaban J connectivity index is 1.57. The van der Waals surface area contributed by atoms with Crippen molar-refractivity contribution in [1.82, 2.24) is 14.1 Å². The lowest BCUT2D eigenvalue weighted by molar-refractivity contribution is -0.387. The number of nitrogens with zero attached hydrogens (tertiary/aromatic N) is 4. The first-order valence-electron chi connectivity index (χ1n) is 12.6. The van der Waals surface area contributed by atoms with Gasteiger partial charge in [-0.3, -0.25) is 15.0 Å². The maximum absolute atomic E-state index is 14.0. The molecular formula is C26H33BrN4O6S. The summed E-state index contributed by atoms with van der Waals surface area (Å²) < 4.78 is 42.9. The average Bonchev–Trinajstić information content (AvgIpc) is 3.13. The molecular weight excluding hydrogens is 576 g/mol. The highest BCUT2D eigenvalue weighted by Crippen LogP contribution is 2.45. The number of fused-ring (bicyclic) bond motifs is 2. The Hall–Kier alpha value is -1.93. The van der Waals surface area contributed by atoms with E-state index in [0.29, 0.717) is 6.54 Å². The Labute approximate surface area is 231 Å². The van der Waals surface area contributed by atoms with Crippen molar-refractivity contribution in [3.05, 3.63) is 68.7 Å². The first-order chi connectivity index (χ1) is 17.9.